The van der Waals surface area contributed by atoms with Crippen molar-refractivity contribution in [3.05, 3.63) is 12.2 Å². The van der Waals surface area contributed by atoms with E-state index in [2.05, 4.69) is 18.0 Å². The van der Waals surface area contributed by atoms with Crippen LogP contribution in [0.25, 0.3) is 0 Å². The van der Waals surface area contributed by atoms with E-state index in [0.29, 0.717) is 38.9 Å². The topological polar surface area (TPSA) is 96.2 Å². The molecule has 0 saturated heterocycles. The van der Waals surface area contributed by atoms with Gasteiger partial charge in [0.2, 0.25) is 0 Å². The van der Waals surface area contributed by atoms with Crippen LogP contribution >= 0.6 is 0 Å². The number of nitrogens with zero attached hydrogens (tertiary/aromatic N) is 2. The van der Waals surface area contributed by atoms with Crippen molar-refractivity contribution in [3.8, 4) is 0 Å². The first-order valence-corrected chi connectivity index (χ1v) is 7.96. The van der Waals surface area contributed by atoms with Crippen LogP contribution in [0, 0.1) is 0 Å². The van der Waals surface area contributed by atoms with Crippen LogP contribution in [-0.2, 0) is 4.79 Å². The summed E-state index contributed by atoms with van der Waals surface area (Å²) in [7, 11) is 0. The van der Waals surface area contributed by atoms with Crippen LogP contribution in [0.1, 0.15) is 46.0 Å². The molecule has 128 valence electrons. The van der Waals surface area contributed by atoms with E-state index < -0.39 is 12.0 Å². The predicted molar refractivity (Wildman–Crippen MR) is 86.0 cm³/mol. The Kier molecular flexibility index (Phi) is 17.8. The normalized spacial score (nSPS) is 13.3. The Morgan fingerprint density at radius 1 is 1.30 bits per heavy atom. The summed E-state index contributed by atoms with van der Waals surface area (Å²) in [6, 6.07) is -0.645. The number of allylic oxidation sites excluding steroid dienone is 2. The Labute approximate surface area is 161 Å². The molecule has 2 N–H and O–H groups in total. The third kappa shape index (κ3) is 13.7. The number of hydrogen-bond acceptors (Lipinski definition) is 5. The molecule has 0 radical (unpaired) electrons. The summed E-state index contributed by atoms with van der Waals surface area (Å²) in [5.74, 6) is -1.06. The molecule has 0 aliphatic heterocycles. The monoisotopic (exact) mass is 336 g/mol. The minimum atomic E-state index is -0.912. The molecule has 0 saturated carbocycles. The van der Waals surface area contributed by atoms with Crippen molar-refractivity contribution in [1.29, 1.82) is 0 Å². The van der Waals surface area contributed by atoms with Crippen molar-refractivity contribution in [3.63, 3.8) is 0 Å². The zero-order chi connectivity index (χ0) is 16.8. The van der Waals surface area contributed by atoms with Crippen LogP contribution in [0.4, 0.5) is 0 Å². The molecule has 1 unspecified atom stereocenters. The van der Waals surface area contributed by atoms with Crippen molar-refractivity contribution in [1.82, 2.24) is 4.90 Å². The number of aliphatic hydroxyl groups is 1. The molecule has 0 aromatic carbocycles. The van der Waals surface area contributed by atoms with Crippen molar-refractivity contribution >= 4 is 11.9 Å². The van der Waals surface area contributed by atoms with Crippen LogP contribution in [0.5, 0.6) is 0 Å². The van der Waals surface area contributed by atoms with E-state index in [9.17, 15) is 9.90 Å². The molecule has 1 atom stereocenters. The summed E-state index contributed by atoms with van der Waals surface area (Å²) in [6.45, 7) is 4.90. The minimum absolute atomic E-state index is 0. The fourth-order valence-electron chi connectivity index (χ4n) is 1.92. The number of carboxylic acids is 1. The number of aliphatic carboxylic acids is 1. The van der Waals surface area contributed by atoms with Crippen LogP contribution in [0.15, 0.2) is 17.1 Å². The molecule has 0 aromatic heterocycles. The number of aliphatic imine (C=N–C) groups is 1. The Morgan fingerprint density at radius 2 is 1.96 bits per heavy atom. The smallest absolute Gasteiger partial charge is 0.862 e. The second-order valence-electron chi connectivity index (χ2n) is 5.20. The largest absolute Gasteiger partial charge is 1.00 e. The molecule has 0 aliphatic carbocycles. The summed E-state index contributed by atoms with van der Waals surface area (Å²) in [4.78, 5) is 16.7. The molecular weight excluding hydrogens is 307 g/mol. The quantitative estimate of drug-likeness (QED) is 0.176. The third-order valence-electron chi connectivity index (χ3n) is 3.33. The van der Waals surface area contributed by atoms with Crippen LogP contribution in [-0.4, -0.2) is 59.3 Å². The average molecular weight is 336 g/mol. The first-order chi connectivity index (χ1) is 10.5. The molecule has 7 heteroatoms. The van der Waals surface area contributed by atoms with E-state index in [0.717, 1.165) is 12.8 Å². The molecule has 6 nitrogen and oxygen atoms in total. The number of carbonyl (C=O) groups is 1. The van der Waals surface area contributed by atoms with Gasteiger partial charge in [-0.1, -0.05) is 25.5 Å². The van der Waals surface area contributed by atoms with Crippen LogP contribution in [0.3, 0.4) is 0 Å². The first kappa shape index (κ1) is 24.8. The fraction of sp³-hybridized carbons (Fsp3) is 0.750. The van der Waals surface area contributed by atoms with E-state index in [1.54, 1.807) is 11.8 Å². The second kappa shape index (κ2) is 16.5. The minimum Gasteiger partial charge on any atom is -0.862 e. The first-order valence-electron chi connectivity index (χ1n) is 7.96. The van der Waals surface area contributed by atoms with E-state index >= 15 is 0 Å². The molecule has 0 aliphatic rings. The van der Waals surface area contributed by atoms with Gasteiger partial charge in [-0.15, -0.1) is 0 Å². The van der Waals surface area contributed by atoms with Gasteiger partial charge in [-0.05, 0) is 38.5 Å². The Hall–Kier alpha value is -0.400. The standard InChI is InChI=1S/C16H30N2O4.Na/c1-3-4-5-6-7-9-15(20)17-10-12-18(11-8-13-19)14(2)16(21)22;/h5-6,14,19H,3-4,7-13H2,1-2H3,(H,17,20)(H,21,22);/q;+1/p-1/b6-5+;. The van der Waals surface area contributed by atoms with E-state index in [1.165, 1.54) is 0 Å². The van der Waals surface area contributed by atoms with Gasteiger partial charge in [0.15, 0.2) is 0 Å². The Balaban J connectivity index is 0. The van der Waals surface area contributed by atoms with Crippen molar-refractivity contribution in [2.45, 2.75) is 52.0 Å². The van der Waals surface area contributed by atoms with Gasteiger partial charge in [0.1, 0.15) is 6.04 Å². The van der Waals surface area contributed by atoms with Gasteiger partial charge in [-0.2, -0.15) is 0 Å². The Bertz CT molecular complexity index is 362. The maximum atomic E-state index is 11.6. The number of rotatable bonds is 13. The molecule has 0 aromatic rings. The van der Waals surface area contributed by atoms with Gasteiger partial charge in [-0.25, -0.2) is 0 Å². The maximum Gasteiger partial charge on any atom is 1.00 e. The van der Waals surface area contributed by atoms with Gasteiger partial charge < -0.3 is 20.3 Å². The molecule has 0 fully saturated rings. The Morgan fingerprint density at radius 3 is 2.52 bits per heavy atom. The fourth-order valence-corrected chi connectivity index (χ4v) is 1.92. The molecule has 23 heavy (non-hydrogen) atoms. The average Bonchev–Trinajstić information content (AvgIpc) is 2.49. The zero-order valence-corrected chi connectivity index (χ0v) is 16.7. The number of unbranched alkanes of at least 4 members (excludes halogenated alkanes) is 1. The van der Waals surface area contributed by atoms with Crippen LogP contribution < -0.4 is 34.7 Å². The van der Waals surface area contributed by atoms with Crippen molar-refractivity contribution in [2.75, 3.05) is 26.2 Å². The number of hydrogen-bond donors (Lipinski definition) is 2. The van der Waals surface area contributed by atoms with E-state index in [1.807, 2.05) is 6.08 Å². The molecule has 0 amide bonds. The zero-order valence-electron chi connectivity index (χ0n) is 14.7. The number of aliphatic hydroxyl groups excluding tert-OH is 1. The van der Waals surface area contributed by atoms with E-state index in [-0.39, 0.29) is 42.1 Å². The molecular formula is C16H29N2NaO4. The van der Waals surface area contributed by atoms with E-state index in [4.69, 9.17) is 10.2 Å². The summed E-state index contributed by atoms with van der Waals surface area (Å²) in [5, 5.41) is 29.5. The van der Waals surface area contributed by atoms with Gasteiger partial charge in [0.25, 0.3) is 0 Å². The van der Waals surface area contributed by atoms with Gasteiger partial charge in [0.05, 0.1) is 6.54 Å². The molecule has 0 rings (SSSR count). The van der Waals surface area contributed by atoms with Gasteiger partial charge >= 0.3 is 35.5 Å². The second-order valence-corrected chi connectivity index (χ2v) is 5.20. The summed E-state index contributed by atoms with van der Waals surface area (Å²) in [5.41, 5.74) is 0. The predicted octanol–water partition coefficient (Wildman–Crippen LogP) is -1.96. The maximum absolute atomic E-state index is 11.6. The number of carboxylic acid groups (broad SMARTS) is 1. The van der Waals surface area contributed by atoms with Crippen LogP contribution in [0.2, 0.25) is 0 Å². The van der Waals surface area contributed by atoms with Gasteiger partial charge in [0, 0.05) is 19.7 Å². The SMILES string of the molecule is CCC/C=C/CCC([O-])=NCCN(CCCO)C(C)C(=O)O.[Na+]. The molecule has 0 bridgehead atoms. The summed E-state index contributed by atoms with van der Waals surface area (Å²) in [6.07, 6.45) is 7.79. The van der Waals surface area contributed by atoms with Crippen molar-refractivity contribution in [2.24, 2.45) is 4.99 Å². The molecule has 0 heterocycles. The van der Waals surface area contributed by atoms with Crippen molar-refractivity contribution < 1.29 is 49.7 Å². The third-order valence-corrected chi connectivity index (χ3v) is 3.33. The van der Waals surface area contributed by atoms with Gasteiger partial charge in [-0.3, -0.25) is 9.69 Å². The summed E-state index contributed by atoms with van der Waals surface area (Å²) < 4.78 is 0. The summed E-state index contributed by atoms with van der Waals surface area (Å²) >= 11 is 0. The molecule has 0 spiro atoms.